The molecule has 0 spiro atoms. The molecule has 7 nitrogen and oxygen atoms in total. The number of thiazole rings is 1. The zero-order valence-electron chi connectivity index (χ0n) is 17.2. The maximum absolute atomic E-state index is 13.2. The number of benzene rings is 2. The number of hydrogen-bond donors (Lipinski definition) is 1. The second-order valence-electron chi connectivity index (χ2n) is 7.39. The third kappa shape index (κ3) is 3.16. The number of hydrogen-bond acceptors (Lipinski definition) is 7. The summed E-state index contributed by atoms with van der Waals surface area (Å²) in [5, 5.41) is 11.2. The largest absolute Gasteiger partial charge is 0.503 e. The lowest BCUT2D eigenvalue weighted by atomic mass is 9.94. The number of carbonyl (C=O) groups is 2. The van der Waals surface area contributed by atoms with Gasteiger partial charge in [-0.15, -0.1) is 0 Å². The van der Waals surface area contributed by atoms with Gasteiger partial charge in [-0.05, 0) is 42.8 Å². The van der Waals surface area contributed by atoms with Gasteiger partial charge in [-0.3, -0.25) is 14.5 Å². The van der Waals surface area contributed by atoms with Crippen molar-refractivity contribution in [3.63, 3.8) is 0 Å². The summed E-state index contributed by atoms with van der Waals surface area (Å²) in [6, 6.07) is 15.1. The van der Waals surface area contributed by atoms with Crippen molar-refractivity contribution < 1.29 is 23.8 Å². The first-order chi connectivity index (χ1) is 15.5. The predicted octanol–water partition coefficient (Wildman–Crippen LogP) is 4.99. The van der Waals surface area contributed by atoms with E-state index in [0.717, 1.165) is 10.3 Å². The van der Waals surface area contributed by atoms with Gasteiger partial charge in [0.2, 0.25) is 5.78 Å². The van der Waals surface area contributed by atoms with Gasteiger partial charge in [-0.25, -0.2) is 4.98 Å². The molecular formula is C24H18N2O5S. The number of rotatable bonds is 5. The molecule has 1 atom stereocenters. The minimum absolute atomic E-state index is 0.0364. The number of methoxy groups -OCH3 is 1. The van der Waals surface area contributed by atoms with Gasteiger partial charge in [0.25, 0.3) is 5.91 Å². The molecule has 0 saturated carbocycles. The van der Waals surface area contributed by atoms with E-state index >= 15 is 0 Å². The van der Waals surface area contributed by atoms with Crippen LogP contribution in [0.1, 0.15) is 27.7 Å². The average Bonchev–Trinajstić information content (AvgIpc) is 3.52. The van der Waals surface area contributed by atoms with Gasteiger partial charge < -0.3 is 14.3 Å². The number of Topliss-reactive ketones (excluding diaryl/α,β-unsaturated/α-hetero) is 1. The smallest absolute Gasteiger partial charge is 0.296 e. The van der Waals surface area contributed by atoms with Crippen LogP contribution in [0.4, 0.5) is 5.13 Å². The molecular weight excluding hydrogens is 428 g/mol. The highest BCUT2D eigenvalue weighted by Gasteiger charge is 2.46. The quantitative estimate of drug-likeness (QED) is 0.434. The van der Waals surface area contributed by atoms with Crippen molar-refractivity contribution in [2.24, 2.45) is 0 Å². The van der Waals surface area contributed by atoms with Crippen LogP contribution in [0.25, 0.3) is 10.2 Å². The molecule has 4 aromatic rings. The molecule has 2 aromatic heterocycles. The fraction of sp³-hybridized carbons (Fsp3) is 0.125. The van der Waals surface area contributed by atoms with E-state index in [-0.39, 0.29) is 11.3 Å². The van der Waals surface area contributed by atoms with E-state index in [1.54, 1.807) is 25.3 Å². The van der Waals surface area contributed by atoms with Crippen LogP contribution in [0.2, 0.25) is 0 Å². The van der Waals surface area contributed by atoms with Crippen molar-refractivity contribution in [1.29, 1.82) is 0 Å². The van der Waals surface area contributed by atoms with Gasteiger partial charge in [0.05, 0.1) is 35.2 Å². The molecule has 0 radical (unpaired) electrons. The highest BCUT2D eigenvalue weighted by atomic mass is 32.1. The summed E-state index contributed by atoms with van der Waals surface area (Å²) in [6.07, 6.45) is 1.38. The molecule has 160 valence electrons. The number of furan rings is 1. The highest BCUT2D eigenvalue weighted by Crippen LogP contribution is 2.44. The van der Waals surface area contributed by atoms with Crippen LogP contribution in [0.3, 0.4) is 0 Å². The molecule has 1 amide bonds. The molecule has 1 aliphatic rings. The standard InChI is InChI=1S/C24H18N2O5S/c1-13-5-7-14(8-6-13)20-19(21(27)17-4-3-11-31-17)22(28)23(29)26(20)24-25-16-10-9-15(30-2)12-18(16)32-24/h3-12,20,28H,1-2H3/t20-/m0/s1. The number of aliphatic hydroxyl groups is 1. The minimum atomic E-state index is -0.844. The van der Waals surface area contributed by atoms with Gasteiger partial charge in [0, 0.05) is 0 Å². The van der Waals surface area contributed by atoms with Gasteiger partial charge in [-0.2, -0.15) is 0 Å². The molecule has 0 bridgehead atoms. The summed E-state index contributed by atoms with van der Waals surface area (Å²) in [6.45, 7) is 1.95. The van der Waals surface area contributed by atoms with Crippen LogP contribution in [0.5, 0.6) is 5.75 Å². The maximum atomic E-state index is 13.2. The maximum Gasteiger partial charge on any atom is 0.296 e. The van der Waals surface area contributed by atoms with Gasteiger partial charge in [0.1, 0.15) is 5.75 Å². The number of aromatic nitrogens is 1. The molecule has 3 heterocycles. The van der Waals surface area contributed by atoms with E-state index in [2.05, 4.69) is 4.98 Å². The lowest BCUT2D eigenvalue weighted by Crippen LogP contribution is -2.30. The Morgan fingerprint density at radius 1 is 1.19 bits per heavy atom. The van der Waals surface area contributed by atoms with Crippen LogP contribution < -0.4 is 9.64 Å². The van der Waals surface area contributed by atoms with E-state index < -0.39 is 23.5 Å². The Hall–Kier alpha value is -3.91. The molecule has 0 saturated heterocycles. The minimum Gasteiger partial charge on any atom is -0.503 e. The molecule has 2 aromatic carbocycles. The fourth-order valence-corrected chi connectivity index (χ4v) is 4.78. The number of anilines is 1. The molecule has 8 heteroatoms. The number of fused-ring (bicyclic) bond motifs is 1. The molecule has 0 unspecified atom stereocenters. The topological polar surface area (TPSA) is 92.9 Å². The second-order valence-corrected chi connectivity index (χ2v) is 8.40. The molecule has 1 N–H and O–H groups in total. The second kappa shape index (κ2) is 7.65. The number of ether oxygens (including phenoxy) is 1. The summed E-state index contributed by atoms with van der Waals surface area (Å²) in [7, 11) is 1.58. The first kappa shape index (κ1) is 20.0. The van der Waals surface area contributed by atoms with Crippen molar-refractivity contribution in [1.82, 2.24) is 4.98 Å². The van der Waals surface area contributed by atoms with Crippen LogP contribution in [-0.2, 0) is 4.79 Å². The number of aliphatic hydroxyl groups excluding tert-OH is 1. The lowest BCUT2D eigenvalue weighted by molar-refractivity contribution is -0.117. The van der Waals surface area contributed by atoms with E-state index in [4.69, 9.17) is 9.15 Å². The molecule has 32 heavy (non-hydrogen) atoms. The number of carbonyl (C=O) groups excluding carboxylic acids is 2. The number of aryl methyl sites for hydroxylation is 1. The number of amides is 1. The Bertz CT molecular complexity index is 1370. The number of nitrogens with zero attached hydrogens (tertiary/aromatic N) is 2. The van der Waals surface area contributed by atoms with Crippen molar-refractivity contribution in [2.45, 2.75) is 13.0 Å². The van der Waals surface area contributed by atoms with Gasteiger partial charge >= 0.3 is 0 Å². The van der Waals surface area contributed by atoms with Crippen molar-refractivity contribution >= 4 is 38.4 Å². The first-order valence-corrected chi connectivity index (χ1v) is 10.7. The summed E-state index contributed by atoms with van der Waals surface area (Å²) < 4.78 is 11.4. The molecule has 1 aliphatic heterocycles. The third-order valence-electron chi connectivity index (χ3n) is 5.38. The Morgan fingerprint density at radius 3 is 2.66 bits per heavy atom. The van der Waals surface area contributed by atoms with E-state index in [0.29, 0.717) is 22.0 Å². The van der Waals surface area contributed by atoms with Crippen LogP contribution in [0.15, 0.2) is 76.6 Å². The highest BCUT2D eigenvalue weighted by molar-refractivity contribution is 7.22. The lowest BCUT2D eigenvalue weighted by Gasteiger charge is -2.24. The summed E-state index contributed by atoms with van der Waals surface area (Å²) in [5.74, 6) is -1.11. The zero-order chi connectivity index (χ0) is 22.4. The fourth-order valence-electron chi connectivity index (χ4n) is 3.76. The van der Waals surface area contributed by atoms with Crippen molar-refractivity contribution in [3.05, 3.63) is 89.1 Å². The molecule has 5 rings (SSSR count). The Morgan fingerprint density at radius 2 is 1.97 bits per heavy atom. The van der Waals surface area contributed by atoms with Gasteiger partial charge in [0.15, 0.2) is 16.7 Å². The van der Waals surface area contributed by atoms with E-state index in [9.17, 15) is 14.7 Å². The van der Waals surface area contributed by atoms with E-state index in [1.165, 1.54) is 28.6 Å². The Kier molecular flexibility index (Phi) is 4.79. The Labute approximate surface area is 187 Å². The van der Waals surface area contributed by atoms with Crippen LogP contribution in [-0.4, -0.2) is 28.9 Å². The molecule has 0 fully saturated rings. The van der Waals surface area contributed by atoms with Crippen molar-refractivity contribution in [3.8, 4) is 5.75 Å². The normalized spacial score (nSPS) is 16.2. The first-order valence-electron chi connectivity index (χ1n) is 9.84. The zero-order valence-corrected chi connectivity index (χ0v) is 18.1. The van der Waals surface area contributed by atoms with Crippen LogP contribution >= 0.6 is 11.3 Å². The van der Waals surface area contributed by atoms with Gasteiger partial charge in [-0.1, -0.05) is 41.2 Å². The predicted molar refractivity (Wildman–Crippen MR) is 120 cm³/mol. The number of ketones is 1. The third-order valence-corrected chi connectivity index (χ3v) is 6.40. The summed E-state index contributed by atoms with van der Waals surface area (Å²) >= 11 is 1.28. The van der Waals surface area contributed by atoms with Crippen molar-refractivity contribution in [2.75, 3.05) is 12.0 Å². The Balaban J connectivity index is 1.67. The van der Waals surface area contributed by atoms with E-state index in [1.807, 2.05) is 37.3 Å². The molecule has 0 aliphatic carbocycles. The van der Waals surface area contributed by atoms with Crippen LogP contribution in [0, 0.1) is 6.92 Å². The summed E-state index contributed by atoms with van der Waals surface area (Å²) in [5.41, 5.74) is 2.36. The average molecular weight is 446 g/mol. The summed E-state index contributed by atoms with van der Waals surface area (Å²) in [4.78, 5) is 32.4. The SMILES string of the molecule is COc1ccc2nc(N3C(=O)C(O)=C(C(=O)c4ccco4)[C@@H]3c3ccc(C)cc3)sc2c1. The monoisotopic (exact) mass is 446 g/mol.